The lowest BCUT2D eigenvalue weighted by Gasteiger charge is -2.05. The van der Waals surface area contributed by atoms with Crippen LogP contribution in [0, 0.1) is 0 Å². The van der Waals surface area contributed by atoms with E-state index in [0.717, 1.165) is 0 Å². The second-order valence-corrected chi connectivity index (χ2v) is 4.42. The lowest BCUT2D eigenvalue weighted by atomic mass is 10.1. The molecule has 0 spiro atoms. The number of anilines is 1. The molecule has 1 aromatic carbocycles. The highest BCUT2D eigenvalue weighted by Crippen LogP contribution is 2.20. The van der Waals surface area contributed by atoms with E-state index in [1.807, 2.05) is 0 Å². The van der Waals surface area contributed by atoms with Crippen LogP contribution in [0.2, 0.25) is 0 Å². The van der Waals surface area contributed by atoms with E-state index in [1.54, 1.807) is 0 Å². The lowest BCUT2D eigenvalue weighted by Crippen LogP contribution is -2.21. The lowest BCUT2D eigenvalue weighted by molar-refractivity contribution is 0.0878. The van der Waals surface area contributed by atoms with E-state index < -0.39 is 23.2 Å². The molecule has 3 N–H and O–H groups in total. The second kappa shape index (κ2) is 4.71. The van der Waals surface area contributed by atoms with Crippen LogP contribution in [0.25, 0.3) is 0 Å². The summed E-state index contributed by atoms with van der Waals surface area (Å²) in [4.78, 5) is 49.1. The van der Waals surface area contributed by atoms with Crippen molar-refractivity contribution in [3.8, 4) is 0 Å². The summed E-state index contributed by atoms with van der Waals surface area (Å²) in [6, 6.07) is 5.57. The van der Waals surface area contributed by atoms with Crippen LogP contribution in [-0.4, -0.2) is 22.7 Å². The third-order valence-corrected chi connectivity index (χ3v) is 3.06. The fourth-order valence-corrected chi connectivity index (χ4v) is 2.04. The van der Waals surface area contributed by atoms with E-state index in [-0.39, 0.29) is 16.7 Å². The number of nitrogens with one attached hydrogen (secondary N) is 3. The summed E-state index contributed by atoms with van der Waals surface area (Å²) in [5, 5.41) is 4.67. The molecular formula is C14H9N3O4. The summed E-state index contributed by atoms with van der Waals surface area (Å²) in [5.74, 6) is -1.57. The third kappa shape index (κ3) is 2.20. The van der Waals surface area contributed by atoms with Gasteiger partial charge >= 0.3 is 0 Å². The number of aromatic nitrogens is 1. The van der Waals surface area contributed by atoms with Crippen LogP contribution in [0.5, 0.6) is 0 Å². The second-order valence-electron chi connectivity index (χ2n) is 4.42. The summed E-state index contributed by atoms with van der Waals surface area (Å²) < 4.78 is 0. The van der Waals surface area contributed by atoms with Gasteiger partial charge in [0.05, 0.1) is 11.1 Å². The molecule has 1 aromatic heterocycles. The number of imide groups is 1. The Morgan fingerprint density at radius 3 is 2.52 bits per heavy atom. The van der Waals surface area contributed by atoms with Gasteiger partial charge in [0, 0.05) is 24.1 Å². The van der Waals surface area contributed by atoms with Crippen molar-refractivity contribution in [1.29, 1.82) is 0 Å². The van der Waals surface area contributed by atoms with E-state index >= 15 is 0 Å². The van der Waals surface area contributed by atoms with Gasteiger partial charge in [0.2, 0.25) is 0 Å². The number of fused-ring (bicyclic) bond motifs is 1. The Morgan fingerprint density at radius 2 is 1.76 bits per heavy atom. The third-order valence-electron chi connectivity index (χ3n) is 3.06. The minimum absolute atomic E-state index is 0.0430. The van der Waals surface area contributed by atoms with Gasteiger partial charge in [0.15, 0.2) is 5.43 Å². The number of rotatable bonds is 2. The average molecular weight is 283 g/mol. The predicted octanol–water partition coefficient (Wildman–Crippen LogP) is 0.511. The molecule has 0 saturated carbocycles. The van der Waals surface area contributed by atoms with Crippen molar-refractivity contribution in [3.05, 3.63) is 63.6 Å². The van der Waals surface area contributed by atoms with Gasteiger partial charge in [-0.05, 0) is 18.2 Å². The molecule has 7 heteroatoms. The Bertz CT molecular complexity index is 838. The van der Waals surface area contributed by atoms with Crippen molar-refractivity contribution in [1.82, 2.24) is 10.3 Å². The number of benzene rings is 1. The number of amides is 3. The number of carbonyl (C=O) groups excluding carboxylic acids is 3. The molecule has 1 aliphatic heterocycles. The maximum absolute atomic E-state index is 12.0. The monoisotopic (exact) mass is 283 g/mol. The first kappa shape index (κ1) is 12.8. The van der Waals surface area contributed by atoms with Crippen molar-refractivity contribution in [2.45, 2.75) is 0 Å². The minimum Gasteiger partial charge on any atom is -0.367 e. The highest BCUT2D eigenvalue weighted by molar-refractivity contribution is 6.22. The fraction of sp³-hybridized carbons (Fsp3) is 0. The summed E-state index contributed by atoms with van der Waals surface area (Å²) in [6.07, 6.45) is 2.71. The molecule has 0 radical (unpaired) electrons. The fourth-order valence-electron chi connectivity index (χ4n) is 2.04. The molecular weight excluding hydrogens is 274 g/mol. The van der Waals surface area contributed by atoms with E-state index in [2.05, 4.69) is 15.6 Å². The molecule has 0 saturated heterocycles. The molecule has 0 fully saturated rings. The molecule has 104 valence electrons. The van der Waals surface area contributed by atoms with Gasteiger partial charge in [-0.3, -0.25) is 24.5 Å². The maximum Gasteiger partial charge on any atom is 0.261 e. The smallest absolute Gasteiger partial charge is 0.261 e. The number of pyridine rings is 1. The molecule has 1 aliphatic rings. The standard InChI is InChI=1S/C14H9N3O4/c18-11-3-4-15-6-10(11)14(21)16-7-1-2-8-9(5-7)13(20)17-12(8)19/h1-6H,(H,15,18)(H,16,21)(H,17,19,20). The number of aromatic amines is 1. The van der Waals surface area contributed by atoms with Crippen molar-refractivity contribution >= 4 is 23.4 Å². The van der Waals surface area contributed by atoms with Gasteiger partial charge in [0.1, 0.15) is 5.56 Å². The zero-order valence-electron chi connectivity index (χ0n) is 10.6. The Hall–Kier alpha value is -3.22. The van der Waals surface area contributed by atoms with Gasteiger partial charge in [-0.15, -0.1) is 0 Å². The molecule has 3 amide bonds. The van der Waals surface area contributed by atoms with Gasteiger partial charge in [-0.25, -0.2) is 0 Å². The van der Waals surface area contributed by atoms with Crippen LogP contribution in [0.15, 0.2) is 41.5 Å². The quantitative estimate of drug-likeness (QED) is 0.698. The summed E-state index contributed by atoms with van der Waals surface area (Å²) in [5.41, 5.74) is 0.320. The first-order valence-electron chi connectivity index (χ1n) is 6.04. The largest absolute Gasteiger partial charge is 0.367 e. The van der Waals surface area contributed by atoms with Gasteiger partial charge in [0.25, 0.3) is 17.7 Å². The number of hydrogen-bond donors (Lipinski definition) is 3. The van der Waals surface area contributed by atoms with E-state index in [9.17, 15) is 19.2 Å². The first-order chi connectivity index (χ1) is 10.1. The highest BCUT2D eigenvalue weighted by Gasteiger charge is 2.26. The summed E-state index contributed by atoms with van der Waals surface area (Å²) in [7, 11) is 0. The first-order valence-corrected chi connectivity index (χ1v) is 6.04. The molecule has 7 nitrogen and oxygen atoms in total. The number of carbonyl (C=O) groups is 3. The molecule has 2 heterocycles. The molecule has 0 atom stereocenters. The van der Waals surface area contributed by atoms with Crippen LogP contribution in [0.1, 0.15) is 31.1 Å². The van der Waals surface area contributed by atoms with Gasteiger partial charge in [-0.1, -0.05) is 0 Å². The maximum atomic E-state index is 12.0. The zero-order valence-corrected chi connectivity index (χ0v) is 10.6. The zero-order chi connectivity index (χ0) is 15.0. The predicted molar refractivity (Wildman–Crippen MR) is 73.3 cm³/mol. The van der Waals surface area contributed by atoms with Crippen LogP contribution in [-0.2, 0) is 0 Å². The molecule has 0 unspecified atom stereocenters. The van der Waals surface area contributed by atoms with Crippen LogP contribution in [0.4, 0.5) is 5.69 Å². The van der Waals surface area contributed by atoms with Crippen molar-refractivity contribution in [2.24, 2.45) is 0 Å². The molecule has 0 aliphatic carbocycles. The van der Waals surface area contributed by atoms with Gasteiger partial charge in [-0.2, -0.15) is 0 Å². The van der Waals surface area contributed by atoms with E-state index in [4.69, 9.17) is 0 Å². The Labute approximate surface area is 118 Å². The Morgan fingerprint density at radius 1 is 1.00 bits per heavy atom. The van der Waals surface area contributed by atoms with Gasteiger partial charge < -0.3 is 10.3 Å². The minimum atomic E-state index is -0.596. The summed E-state index contributed by atoms with van der Waals surface area (Å²) in [6.45, 7) is 0. The van der Waals surface area contributed by atoms with Crippen molar-refractivity contribution < 1.29 is 14.4 Å². The number of H-pyrrole nitrogens is 1. The topological polar surface area (TPSA) is 108 Å². The molecule has 3 rings (SSSR count). The summed E-state index contributed by atoms with van der Waals surface area (Å²) >= 11 is 0. The molecule has 0 bridgehead atoms. The Kier molecular flexibility index (Phi) is 2.87. The SMILES string of the molecule is O=C1NC(=O)c2cc(NC(=O)c3c[nH]ccc3=O)ccc21. The van der Waals surface area contributed by atoms with Crippen molar-refractivity contribution in [3.63, 3.8) is 0 Å². The number of hydrogen-bond acceptors (Lipinski definition) is 4. The highest BCUT2D eigenvalue weighted by atomic mass is 16.2. The van der Waals surface area contributed by atoms with Crippen LogP contribution < -0.4 is 16.1 Å². The van der Waals surface area contributed by atoms with E-state index in [0.29, 0.717) is 5.69 Å². The van der Waals surface area contributed by atoms with E-state index in [1.165, 1.54) is 36.7 Å². The Balaban J connectivity index is 1.90. The van der Waals surface area contributed by atoms with Crippen LogP contribution >= 0.6 is 0 Å². The normalized spacial score (nSPS) is 12.8. The molecule has 21 heavy (non-hydrogen) atoms. The van der Waals surface area contributed by atoms with Crippen molar-refractivity contribution in [2.75, 3.05) is 5.32 Å². The van der Waals surface area contributed by atoms with Crippen LogP contribution in [0.3, 0.4) is 0 Å². The average Bonchev–Trinajstić information content (AvgIpc) is 2.74. The molecule has 2 aromatic rings.